The van der Waals surface area contributed by atoms with Crippen LogP contribution >= 0.6 is 0 Å². The van der Waals surface area contributed by atoms with E-state index < -0.39 is 0 Å². The fourth-order valence-corrected chi connectivity index (χ4v) is 0.580. The van der Waals surface area contributed by atoms with Crippen molar-refractivity contribution in [2.24, 2.45) is 5.73 Å². The maximum atomic E-state index is 9.82. The van der Waals surface area contributed by atoms with Crippen molar-refractivity contribution in [3.63, 3.8) is 0 Å². The van der Waals surface area contributed by atoms with Crippen molar-refractivity contribution in [1.82, 2.24) is 0 Å². The molecule has 0 aliphatic heterocycles. The molecule has 9 heavy (non-hydrogen) atoms. The molecule has 0 saturated heterocycles. The van der Waals surface area contributed by atoms with Crippen LogP contribution in [0.15, 0.2) is 0 Å². The largest absolute Gasteiger partial charge is 0.383 e. The summed E-state index contributed by atoms with van der Waals surface area (Å²) in [5.74, 6) is 0. The molecular weight excluding hydrogens is 118 g/mol. The molecular formula is C6H13NO2. The zero-order valence-corrected chi connectivity index (χ0v) is 5.67. The second-order valence-electron chi connectivity index (χ2n) is 1.96. The molecule has 0 rings (SSSR count). The molecule has 0 amide bonds. The molecule has 0 aliphatic rings. The van der Waals surface area contributed by atoms with Gasteiger partial charge in [-0.2, -0.15) is 0 Å². The fourth-order valence-electron chi connectivity index (χ4n) is 0.580. The molecule has 0 aliphatic carbocycles. The van der Waals surface area contributed by atoms with Gasteiger partial charge in [0.25, 0.3) is 0 Å². The normalized spacial score (nSPS) is 13.1. The van der Waals surface area contributed by atoms with Gasteiger partial charge in [0.05, 0.1) is 6.61 Å². The highest BCUT2D eigenvalue weighted by atomic mass is 16.5. The lowest BCUT2D eigenvalue weighted by Crippen LogP contribution is -2.25. The Kier molecular flexibility index (Phi) is 5.46. The average molecular weight is 131 g/mol. The Morgan fingerprint density at radius 2 is 2.44 bits per heavy atom. The molecule has 0 fully saturated rings. The minimum Gasteiger partial charge on any atom is -0.383 e. The molecule has 0 spiro atoms. The Bertz CT molecular complexity index is 75.5. The second kappa shape index (κ2) is 5.72. The molecule has 0 saturated carbocycles. The van der Waals surface area contributed by atoms with Gasteiger partial charge < -0.3 is 15.3 Å². The van der Waals surface area contributed by atoms with E-state index in [4.69, 9.17) is 10.5 Å². The van der Waals surface area contributed by atoms with Crippen LogP contribution in [0.25, 0.3) is 0 Å². The first-order valence-electron chi connectivity index (χ1n) is 2.99. The molecule has 0 aromatic carbocycles. The monoisotopic (exact) mass is 131 g/mol. The summed E-state index contributed by atoms with van der Waals surface area (Å²) in [6.45, 7) is 0.536. The smallest absolute Gasteiger partial charge is 0.120 e. The molecule has 0 bridgehead atoms. The van der Waals surface area contributed by atoms with Gasteiger partial charge in [0.2, 0.25) is 0 Å². The Hall–Kier alpha value is -0.410. The van der Waals surface area contributed by atoms with Gasteiger partial charge in [-0.15, -0.1) is 0 Å². The summed E-state index contributed by atoms with van der Waals surface area (Å²) in [6.07, 6.45) is 2.12. The Morgan fingerprint density at radius 1 is 1.78 bits per heavy atom. The van der Waals surface area contributed by atoms with Crippen molar-refractivity contribution in [1.29, 1.82) is 0 Å². The van der Waals surface area contributed by atoms with E-state index in [0.29, 0.717) is 13.0 Å². The van der Waals surface area contributed by atoms with Gasteiger partial charge in [-0.1, -0.05) is 0 Å². The number of carbonyl (C=O) groups is 1. The predicted molar refractivity (Wildman–Crippen MR) is 35.1 cm³/mol. The van der Waals surface area contributed by atoms with E-state index in [9.17, 15) is 4.79 Å². The van der Waals surface area contributed by atoms with Crippen molar-refractivity contribution in [3.8, 4) is 0 Å². The SMILES string of the molecule is COCC(N)CCC=O. The van der Waals surface area contributed by atoms with Crippen LogP contribution in [0.4, 0.5) is 0 Å². The number of carbonyl (C=O) groups excluding carboxylic acids is 1. The highest BCUT2D eigenvalue weighted by molar-refractivity contribution is 5.49. The summed E-state index contributed by atoms with van der Waals surface area (Å²) < 4.78 is 4.76. The van der Waals surface area contributed by atoms with Crippen molar-refractivity contribution in [3.05, 3.63) is 0 Å². The predicted octanol–water partition coefficient (Wildman–Crippen LogP) is -0.0608. The number of hydrogen-bond donors (Lipinski definition) is 1. The molecule has 54 valence electrons. The molecule has 0 aromatic rings. The maximum absolute atomic E-state index is 9.82. The van der Waals surface area contributed by atoms with Crippen molar-refractivity contribution in [2.75, 3.05) is 13.7 Å². The van der Waals surface area contributed by atoms with Gasteiger partial charge in [-0.25, -0.2) is 0 Å². The van der Waals surface area contributed by atoms with E-state index in [2.05, 4.69) is 0 Å². The minimum atomic E-state index is 0.0141. The number of rotatable bonds is 5. The first-order valence-corrected chi connectivity index (χ1v) is 2.99. The summed E-state index contributed by atoms with van der Waals surface area (Å²) in [6, 6.07) is 0.0141. The minimum absolute atomic E-state index is 0.0141. The van der Waals surface area contributed by atoms with Crippen LogP contribution in [-0.2, 0) is 9.53 Å². The van der Waals surface area contributed by atoms with Crippen LogP contribution in [0.5, 0.6) is 0 Å². The van der Waals surface area contributed by atoms with Crippen LogP contribution in [0.1, 0.15) is 12.8 Å². The van der Waals surface area contributed by atoms with Crippen molar-refractivity contribution < 1.29 is 9.53 Å². The number of ether oxygens (including phenoxy) is 1. The maximum Gasteiger partial charge on any atom is 0.120 e. The lowest BCUT2D eigenvalue weighted by atomic mass is 10.2. The molecule has 0 radical (unpaired) electrons. The standard InChI is InChI=1S/C6H13NO2/c1-9-5-6(7)3-2-4-8/h4,6H,2-3,5,7H2,1H3. The Balaban J connectivity index is 3.04. The fraction of sp³-hybridized carbons (Fsp3) is 0.833. The van der Waals surface area contributed by atoms with Crippen LogP contribution < -0.4 is 5.73 Å². The summed E-state index contributed by atoms with van der Waals surface area (Å²) in [7, 11) is 1.60. The highest BCUT2D eigenvalue weighted by Crippen LogP contribution is 1.90. The summed E-state index contributed by atoms with van der Waals surface area (Å²) in [5.41, 5.74) is 5.49. The zero-order chi connectivity index (χ0) is 7.11. The van der Waals surface area contributed by atoms with Gasteiger partial charge in [-0.3, -0.25) is 0 Å². The summed E-state index contributed by atoms with van der Waals surface area (Å²) in [5, 5.41) is 0. The quantitative estimate of drug-likeness (QED) is 0.532. The van der Waals surface area contributed by atoms with Crippen molar-refractivity contribution >= 4 is 6.29 Å². The van der Waals surface area contributed by atoms with E-state index >= 15 is 0 Å². The molecule has 1 unspecified atom stereocenters. The summed E-state index contributed by atoms with van der Waals surface area (Å²) in [4.78, 5) is 9.82. The first-order chi connectivity index (χ1) is 4.31. The third-order valence-electron chi connectivity index (χ3n) is 1.04. The van der Waals surface area contributed by atoms with E-state index in [0.717, 1.165) is 12.7 Å². The molecule has 2 N–H and O–H groups in total. The van der Waals surface area contributed by atoms with Gasteiger partial charge in [-0.05, 0) is 6.42 Å². The molecule has 3 nitrogen and oxygen atoms in total. The number of methoxy groups -OCH3 is 1. The van der Waals surface area contributed by atoms with Crippen molar-refractivity contribution in [2.45, 2.75) is 18.9 Å². The van der Waals surface area contributed by atoms with E-state index in [1.807, 2.05) is 0 Å². The van der Waals surface area contributed by atoms with Crippen LogP contribution in [0.2, 0.25) is 0 Å². The lowest BCUT2D eigenvalue weighted by Gasteiger charge is -2.06. The number of aldehydes is 1. The van der Waals surface area contributed by atoms with Gasteiger partial charge in [0, 0.05) is 19.6 Å². The van der Waals surface area contributed by atoms with Gasteiger partial charge >= 0.3 is 0 Å². The first kappa shape index (κ1) is 8.59. The number of hydrogen-bond acceptors (Lipinski definition) is 3. The molecule has 0 aromatic heterocycles. The van der Waals surface area contributed by atoms with E-state index in [1.54, 1.807) is 7.11 Å². The highest BCUT2D eigenvalue weighted by Gasteiger charge is 1.98. The topological polar surface area (TPSA) is 52.3 Å². The third-order valence-corrected chi connectivity index (χ3v) is 1.04. The van der Waals surface area contributed by atoms with Crippen LogP contribution in [-0.4, -0.2) is 26.0 Å². The molecule has 3 heteroatoms. The van der Waals surface area contributed by atoms with Gasteiger partial charge in [0.1, 0.15) is 6.29 Å². The Morgan fingerprint density at radius 3 is 2.89 bits per heavy atom. The van der Waals surface area contributed by atoms with E-state index in [-0.39, 0.29) is 6.04 Å². The van der Waals surface area contributed by atoms with Crippen LogP contribution in [0.3, 0.4) is 0 Å². The summed E-state index contributed by atoms with van der Waals surface area (Å²) >= 11 is 0. The molecule has 0 heterocycles. The number of nitrogens with two attached hydrogens (primary N) is 1. The van der Waals surface area contributed by atoms with Gasteiger partial charge in [0.15, 0.2) is 0 Å². The zero-order valence-electron chi connectivity index (χ0n) is 5.67. The van der Waals surface area contributed by atoms with Crippen LogP contribution in [0, 0.1) is 0 Å². The average Bonchev–Trinajstić information content (AvgIpc) is 1.85. The Labute approximate surface area is 55.2 Å². The second-order valence-corrected chi connectivity index (χ2v) is 1.96. The van der Waals surface area contributed by atoms with E-state index in [1.165, 1.54) is 0 Å². The third kappa shape index (κ3) is 5.46. The lowest BCUT2D eigenvalue weighted by molar-refractivity contribution is -0.108. The molecule has 1 atom stereocenters.